The van der Waals surface area contributed by atoms with Gasteiger partial charge in [-0.05, 0) is 65.0 Å². The van der Waals surface area contributed by atoms with Crippen LogP contribution in [0.3, 0.4) is 0 Å². The van der Waals surface area contributed by atoms with E-state index in [1.54, 1.807) is 0 Å². The first-order valence-corrected chi connectivity index (χ1v) is 8.37. The molecule has 4 nitrogen and oxygen atoms in total. The minimum Gasteiger partial charge on any atom is -0.468 e. The first-order valence-electron chi connectivity index (χ1n) is 8.37. The summed E-state index contributed by atoms with van der Waals surface area (Å²) in [6.45, 7) is 14.2. The average Bonchev–Trinajstić information content (AvgIpc) is 2.41. The van der Waals surface area contributed by atoms with Crippen molar-refractivity contribution in [3.05, 3.63) is 0 Å². The first-order chi connectivity index (χ1) is 9.78. The Balaban J connectivity index is 2.45. The number of likely N-dealkylation sites (tertiary alicyclic amines) is 1. The van der Waals surface area contributed by atoms with Gasteiger partial charge in [0.2, 0.25) is 0 Å². The monoisotopic (exact) mass is 298 g/mol. The molecule has 3 atom stereocenters. The number of ether oxygens (including phenoxy) is 1. The third-order valence-corrected chi connectivity index (χ3v) is 4.81. The molecule has 0 radical (unpaired) electrons. The molecule has 1 heterocycles. The molecule has 1 fully saturated rings. The lowest BCUT2D eigenvalue weighted by molar-refractivity contribution is -0.148. The van der Waals surface area contributed by atoms with E-state index in [1.165, 1.54) is 26.6 Å². The summed E-state index contributed by atoms with van der Waals surface area (Å²) < 4.78 is 4.97. The molecule has 4 heteroatoms. The van der Waals surface area contributed by atoms with Gasteiger partial charge in [-0.15, -0.1) is 0 Å². The quantitative estimate of drug-likeness (QED) is 0.734. The molecule has 0 aliphatic carbocycles. The minimum atomic E-state index is -0.572. The van der Waals surface area contributed by atoms with E-state index in [0.717, 1.165) is 31.2 Å². The minimum absolute atomic E-state index is 0.156. The molecule has 21 heavy (non-hydrogen) atoms. The van der Waals surface area contributed by atoms with Gasteiger partial charge in [-0.25, -0.2) is 0 Å². The number of hydrogen-bond donors (Lipinski definition) is 1. The van der Waals surface area contributed by atoms with E-state index in [4.69, 9.17) is 4.74 Å². The highest BCUT2D eigenvalue weighted by Crippen LogP contribution is 2.23. The SMILES string of the molecule is COC(=O)C(C)(CCCN1CCC(C)C(C)C1)NC(C)C. The van der Waals surface area contributed by atoms with Gasteiger partial charge < -0.3 is 9.64 Å². The molecular weight excluding hydrogens is 264 g/mol. The highest BCUT2D eigenvalue weighted by molar-refractivity contribution is 5.80. The van der Waals surface area contributed by atoms with Gasteiger partial charge in [0.1, 0.15) is 5.54 Å². The zero-order chi connectivity index (χ0) is 16.0. The number of carbonyl (C=O) groups is 1. The number of esters is 1. The van der Waals surface area contributed by atoms with Crippen molar-refractivity contribution in [2.45, 2.75) is 65.5 Å². The van der Waals surface area contributed by atoms with Gasteiger partial charge >= 0.3 is 5.97 Å². The summed E-state index contributed by atoms with van der Waals surface area (Å²) in [5.74, 6) is 1.46. The zero-order valence-corrected chi connectivity index (χ0v) is 14.7. The Morgan fingerprint density at radius 3 is 2.57 bits per heavy atom. The molecule has 1 rings (SSSR count). The number of nitrogens with one attached hydrogen (secondary N) is 1. The molecule has 0 bridgehead atoms. The Morgan fingerprint density at radius 1 is 1.38 bits per heavy atom. The maximum absolute atomic E-state index is 12.0. The maximum Gasteiger partial charge on any atom is 0.325 e. The Labute approximate surface area is 130 Å². The smallest absolute Gasteiger partial charge is 0.325 e. The third-order valence-electron chi connectivity index (χ3n) is 4.81. The van der Waals surface area contributed by atoms with Crippen molar-refractivity contribution in [3.8, 4) is 0 Å². The topological polar surface area (TPSA) is 41.6 Å². The Kier molecular flexibility index (Phi) is 7.14. The fraction of sp³-hybridized carbons (Fsp3) is 0.941. The summed E-state index contributed by atoms with van der Waals surface area (Å²) in [5.41, 5.74) is -0.572. The number of hydrogen-bond acceptors (Lipinski definition) is 4. The summed E-state index contributed by atoms with van der Waals surface area (Å²) in [6.07, 6.45) is 3.13. The summed E-state index contributed by atoms with van der Waals surface area (Å²) in [5, 5.41) is 3.37. The normalized spacial score (nSPS) is 26.6. The van der Waals surface area contributed by atoms with Gasteiger partial charge in [0.25, 0.3) is 0 Å². The molecule has 0 saturated carbocycles. The molecule has 124 valence electrons. The highest BCUT2D eigenvalue weighted by Gasteiger charge is 2.34. The zero-order valence-electron chi connectivity index (χ0n) is 14.7. The lowest BCUT2D eigenvalue weighted by Gasteiger charge is -2.36. The number of piperidine rings is 1. The Morgan fingerprint density at radius 2 is 2.05 bits per heavy atom. The number of nitrogens with zero attached hydrogens (tertiary/aromatic N) is 1. The lowest BCUT2D eigenvalue weighted by atomic mass is 9.88. The van der Waals surface area contributed by atoms with Crippen LogP contribution in [-0.2, 0) is 9.53 Å². The van der Waals surface area contributed by atoms with E-state index in [-0.39, 0.29) is 12.0 Å². The second kappa shape index (κ2) is 8.14. The summed E-state index contributed by atoms with van der Waals surface area (Å²) in [4.78, 5) is 14.6. The van der Waals surface area contributed by atoms with Crippen molar-refractivity contribution < 1.29 is 9.53 Å². The van der Waals surface area contributed by atoms with Crippen LogP contribution in [0.1, 0.15) is 53.9 Å². The molecule has 1 aliphatic rings. The van der Waals surface area contributed by atoms with Crippen molar-refractivity contribution >= 4 is 5.97 Å². The van der Waals surface area contributed by atoms with Crippen LogP contribution in [0.25, 0.3) is 0 Å². The van der Waals surface area contributed by atoms with Crippen LogP contribution < -0.4 is 5.32 Å². The summed E-state index contributed by atoms with van der Waals surface area (Å²) >= 11 is 0. The largest absolute Gasteiger partial charge is 0.468 e. The predicted molar refractivity (Wildman–Crippen MR) is 87.3 cm³/mol. The molecule has 1 saturated heterocycles. The Hall–Kier alpha value is -0.610. The van der Waals surface area contributed by atoms with Crippen LogP contribution in [0, 0.1) is 11.8 Å². The molecule has 0 aromatic heterocycles. The molecule has 3 unspecified atom stereocenters. The molecular formula is C17H34N2O2. The van der Waals surface area contributed by atoms with Crippen LogP contribution in [0.2, 0.25) is 0 Å². The fourth-order valence-electron chi connectivity index (χ4n) is 3.30. The van der Waals surface area contributed by atoms with Crippen LogP contribution >= 0.6 is 0 Å². The van der Waals surface area contributed by atoms with Crippen LogP contribution in [0.5, 0.6) is 0 Å². The van der Waals surface area contributed by atoms with Gasteiger partial charge in [0.15, 0.2) is 0 Å². The van der Waals surface area contributed by atoms with Gasteiger partial charge in [0.05, 0.1) is 7.11 Å². The highest BCUT2D eigenvalue weighted by atomic mass is 16.5. The van der Waals surface area contributed by atoms with Crippen LogP contribution in [-0.4, -0.2) is 49.2 Å². The maximum atomic E-state index is 12.0. The lowest BCUT2D eigenvalue weighted by Crippen LogP contribution is -2.53. The van der Waals surface area contributed by atoms with Gasteiger partial charge in [-0.1, -0.05) is 13.8 Å². The van der Waals surface area contributed by atoms with E-state index in [1.807, 2.05) is 6.92 Å². The first kappa shape index (κ1) is 18.4. The van der Waals surface area contributed by atoms with Gasteiger partial charge in [-0.2, -0.15) is 0 Å². The van der Waals surface area contributed by atoms with Crippen molar-refractivity contribution in [1.82, 2.24) is 10.2 Å². The molecule has 0 spiro atoms. The van der Waals surface area contributed by atoms with Crippen molar-refractivity contribution in [2.75, 3.05) is 26.7 Å². The van der Waals surface area contributed by atoms with E-state index >= 15 is 0 Å². The number of methoxy groups -OCH3 is 1. The van der Waals surface area contributed by atoms with Crippen molar-refractivity contribution in [1.29, 1.82) is 0 Å². The summed E-state index contributed by atoms with van der Waals surface area (Å²) in [6, 6.07) is 0.268. The number of carbonyl (C=O) groups excluding carboxylic acids is 1. The second-order valence-electron chi connectivity index (χ2n) is 7.27. The summed E-state index contributed by atoms with van der Waals surface area (Å²) in [7, 11) is 1.47. The fourth-order valence-corrected chi connectivity index (χ4v) is 3.30. The molecule has 1 N–H and O–H groups in total. The van der Waals surface area contributed by atoms with E-state index in [9.17, 15) is 4.79 Å². The third kappa shape index (κ3) is 5.59. The van der Waals surface area contributed by atoms with Crippen molar-refractivity contribution in [3.63, 3.8) is 0 Å². The number of rotatable bonds is 7. The van der Waals surface area contributed by atoms with Gasteiger partial charge in [0, 0.05) is 12.6 Å². The van der Waals surface area contributed by atoms with E-state index in [0.29, 0.717) is 0 Å². The second-order valence-corrected chi connectivity index (χ2v) is 7.27. The standard InChI is InChI=1S/C17H34N2O2/c1-13(2)18-17(5,16(20)21-6)9-7-10-19-11-8-14(3)15(4)12-19/h13-15,18H,7-12H2,1-6H3. The molecule has 0 aromatic rings. The predicted octanol–water partition coefficient (Wildman–Crippen LogP) is 2.67. The van der Waals surface area contributed by atoms with Crippen LogP contribution in [0.15, 0.2) is 0 Å². The van der Waals surface area contributed by atoms with Gasteiger partial charge in [-0.3, -0.25) is 10.1 Å². The molecule has 0 aromatic carbocycles. The average molecular weight is 298 g/mol. The molecule has 0 amide bonds. The van der Waals surface area contributed by atoms with E-state index in [2.05, 4.69) is 37.9 Å². The Bertz CT molecular complexity index is 333. The van der Waals surface area contributed by atoms with E-state index < -0.39 is 5.54 Å². The molecule has 1 aliphatic heterocycles. The van der Waals surface area contributed by atoms with Crippen LogP contribution in [0.4, 0.5) is 0 Å². The van der Waals surface area contributed by atoms with Crippen molar-refractivity contribution in [2.24, 2.45) is 11.8 Å².